The van der Waals surface area contributed by atoms with Gasteiger partial charge in [-0.3, -0.25) is 14.2 Å². The van der Waals surface area contributed by atoms with Gasteiger partial charge in [-0.05, 0) is 25.5 Å². The molecule has 0 fully saturated rings. The minimum Gasteiger partial charge on any atom is -0.494 e. The van der Waals surface area contributed by atoms with Gasteiger partial charge in [-0.2, -0.15) is 23.4 Å². The fraction of sp³-hybridized carbons (Fsp3) is 0.333. The lowest BCUT2D eigenvalue weighted by molar-refractivity contribution is -0.141. The standard InChI is InChI=1S/C24H22F4N6O2/c1-12-20-14(22(33(3)31-20)16-10-18(24(26,27)28)30-32(16)2)8-9-34(12)23(35)19-13-6-5-7-17(36-4)21(13)29-11-15(19)25/h5-7,10-12H,8-9H2,1-4H3/t12-/m0/s1. The normalized spacial score (nSPS) is 15.9. The maximum atomic E-state index is 14.9. The number of carbonyl (C=O) groups excluding carboxylic acids is 1. The van der Waals surface area contributed by atoms with Crippen molar-refractivity contribution in [1.29, 1.82) is 0 Å². The lowest BCUT2D eigenvalue weighted by Gasteiger charge is -2.33. The molecule has 1 amide bonds. The molecule has 0 N–H and O–H groups in total. The predicted octanol–water partition coefficient (Wildman–Crippen LogP) is 4.29. The number of alkyl halides is 3. The van der Waals surface area contributed by atoms with Gasteiger partial charge in [-0.1, -0.05) is 12.1 Å². The van der Waals surface area contributed by atoms with Crippen LogP contribution < -0.4 is 4.74 Å². The van der Waals surface area contributed by atoms with Crippen LogP contribution in [0.15, 0.2) is 30.5 Å². The van der Waals surface area contributed by atoms with Crippen molar-refractivity contribution in [3.05, 3.63) is 58.8 Å². The Kier molecular flexibility index (Phi) is 5.49. The summed E-state index contributed by atoms with van der Waals surface area (Å²) in [6, 6.07) is 5.39. The summed E-state index contributed by atoms with van der Waals surface area (Å²) in [6.07, 6.45) is -3.25. The Labute approximate surface area is 203 Å². The Bertz CT molecular complexity index is 1510. The van der Waals surface area contributed by atoms with Crippen LogP contribution in [0.1, 0.15) is 40.3 Å². The van der Waals surface area contributed by atoms with E-state index in [-0.39, 0.29) is 17.8 Å². The van der Waals surface area contributed by atoms with Crippen molar-refractivity contribution in [3.63, 3.8) is 0 Å². The molecule has 5 rings (SSSR count). The van der Waals surface area contributed by atoms with Gasteiger partial charge in [0, 0.05) is 31.6 Å². The summed E-state index contributed by atoms with van der Waals surface area (Å²) < 4.78 is 62.6. The number of methoxy groups -OCH3 is 1. The molecule has 1 aromatic carbocycles. The molecule has 3 aromatic heterocycles. The van der Waals surface area contributed by atoms with Crippen LogP contribution in [0.3, 0.4) is 0 Å². The van der Waals surface area contributed by atoms with Gasteiger partial charge in [0.05, 0.1) is 42.0 Å². The first kappa shape index (κ1) is 23.8. The SMILES string of the molecule is COc1cccc2c(C(=O)N3CCc4c(nn(C)c4-c4cc(C(F)(F)F)nn4C)[C@@H]3C)c(F)cnc12. The molecule has 8 nitrogen and oxygen atoms in total. The van der Waals surface area contributed by atoms with E-state index in [0.717, 1.165) is 17.8 Å². The van der Waals surface area contributed by atoms with E-state index < -0.39 is 29.6 Å². The third-order valence-corrected chi connectivity index (χ3v) is 6.56. The van der Waals surface area contributed by atoms with Gasteiger partial charge in [0.25, 0.3) is 5.91 Å². The molecular formula is C24H22F4N6O2. The molecule has 0 unspecified atom stereocenters. The number of fused-ring (bicyclic) bond motifs is 2. The van der Waals surface area contributed by atoms with E-state index >= 15 is 0 Å². The highest BCUT2D eigenvalue weighted by molar-refractivity contribution is 6.07. The second-order valence-electron chi connectivity index (χ2n) is 8.63. The van der Waals surface area contributed by atoms with Gasteiger partial charge >= 0.3 is 6.18 Å². The number of aromatic nitrogens is 5. The zero-order chi connectivity index (χ0) is 25.9. The van der Waals surface area contributed by atoms with Crippen molar-refractivity contribution in [2.24, 2.45) is 14.1 Å². The largest absolute Gasteiger partial charge is 0.494 e. The van der Waals surface area contributed by atoms with E-state index in [0.29, 0.717) is 34.5 Å². The zero-order valence-electron chi connectivity index (χ0n) is 19.9. The number of ether oxygens (including phenoxy) is 1. The second kappa shape index (κ2) is 8.32. The third kappa shape index (κ3) is 3.59. The first-order chi connectivity index (χ1) is 17.0. The Morgan fingerprint density at radius 2 is 1.92 bits per heavy atom. The van der Waals surface area contributed by atoms with Gasteiger partial charge < -0.3 is 9.64 Å². The Morgan fingerprint density at radius 3 is 2.58 bits per heavy atom. The van der Waals surface area contributed by atoms with Crippen molar-refractivity contribution < 1.29 is 27.1 Å². The molecule has 0 saturated carbocycles. The number of halogens is 4. The number of hydrogen-bond acceptors (Lipinski definition) is 5. The maximum absolute atomic E-state index is 14.9. The summed E-state index contributed by atoms with van der Waals surface area (Å²) in [7, 11) is 4.54. The lowest BCUT2D eigenvalue weighted by atomic mass is 9.96. The first-order valence-corrected chi connectivity index (χ1v) is 11.1. The molecule has 1 aliphatic heterocycles. The number of nitrogens with zero attached hydrogens (tertiary/aromatic N) is 6. The average molecular weight is 502 g/mol. The smallest absolute Gasteiger partial charge is 0.435 e. The Morgan fingerprint density at radius 1 is 1.17 bits per heavy atom. The molecule has 0 saturated heterocycles. The molecule has 36 heavy (non-hydrogen) atoms. The number of para-hydroxylation sites is 1. The molecule has 188 valence electrons. The molecule has 0 aliphatic carbocycles. The topological polar surface area (TPSA) is 78.1 Å². The minimum absolute atomic E-state index is 0.119. The Hall–Kier alpha value is -3.96. The summed E-state index contributed by atoms with van der Waals surface area (Å²) in [5, 5.41) is 8.47. The van der Waals surface area contributed by atoms with Gasteiger partial charge in [-0.15, -0.1) is 0 Å². The Balaban J connectivity index is 1.55. The van der Waals surface area contributed by atoms with Gasteiger partial charge in [0.1, 0.15) is 11.3 Å². The number of carbonyl (C=O) groups is 1. The van der Waals surface area contributed by atoms with E-state index in [1.54, 1.807) is 32.2 Å². The van der Waals surface area contributed by atoms with E-state index in [1.165, 1.54) is 28.4 Å². The summed E-state index contributed by atoms with van der Waals surface area (Å²) >= 11 is 0. The van der Waals surface area contributed by atoms with Crippen LogP contribution in [0.25, 0.3) is 22.3 Å². The molecule has 1 aliphatic rings. The van der Waals surface area contributed by atoms with Crippen molar-refractivity contribution in [3.8, 4) is 17.1 Å². The summed E-state index contributed by atoms with van der Waals surface area (Å²) in [4.78, 5) is 19.2. The van der Waals surface area contributed by atoms with Crippen LogP contribution in [0, 0.1) is 5.82 Å². The fourth-order valence-electron chi connectivity index (χ4n) is 4.87. The van der Waals surface area contributed by atoms with E-state index in [9.17, 15) is 22.4 Å². The van der Waals surface area contributed by atoms with E-state index in [2.05, 4.69) is 15.2 Å². The minimum atomic E-state index is -4.58. The van der Waals surface area contributed by atoms with Crippen LogP contribution in [0.4, 0.5) is 17.6 Å². The highest BCUT2D eigenvalue weighted by Crippen LogP contribution is 2.39. The molecule has 0 radical (unpaired) electrons. The molecule has 0 bridgehead atoms. The van der Waals surface area contributed by atoms with E-state index in [1.807, 2.05) is 0 Å². The monoisotopic (exact) mass is 502 g/mol. The van der Waals surface area contributed by atoms with E-state index in [4.69, 9.17) is 4.74 Å². The molecular weight excluding hydrogens is 480 g/mol. The highest BCUT2D eigenvalue weighted by Gasteiger charge is 2.38. The summed E-state index contributed by atoms with van der Waals surface area (Å²) in [6.45, 7) is 1.99. The van der Waals surface area contributed by atoms with Crippen molar-refractivity contribution >= 4 is 16.8 Å². The van der Waals surface area contributed by atoms with Crippen molar-refractivity contribution in [2.45, 2.75) is 25.6 Å². The second-order valence-corrected chi connectivity index (χ2v) is 8.63. The van der Waals surface area contributed by atoms with Gasteiger partial charge in [0.15, 0.2) is 11.5 Å². The third-order valence-electron chi connectivity index (χ3n) is 6.56. The maximum Gasteiger partial charge on any atom is 0.435 e. The number of rotatable bonds is 3. The number of hydrogen-bond donors (Lipinski definition) is 0. The first-order valence-electron chi connectivity index (χ1n) is 11.1. The zero-order valence-corrected chi connectivity index (χ0v) is 19.9. The molecule has 4 aromatic rings. The lowest BCUT2D eigenvalue weighted by Crippen LogP contribution is -2.39. The van der Waals surface area contributed by atoms with Crippen LogP contribution in [-0.2, 0) is 26.7 Å². The number of pyridine rings is 1. The van der Waals surface area contributed by atoms with Crippen molar-refractivity contribution in [1.82, 2.24) is 29.4 Å². The highest BCUT2D eigenvalue weighted by atomic mass is 19.4. The average Bonchev–Trinajstić information content (AvgIpc) is 3.37. The molecule has 4 heterocycles. The quantitative estimate of drug-likeness (QED) is 0.391. The molecule has 12 heteroatoms. The van der Waals surface area contributed by atoms with Crippen LogP contribution >= 0.6 is 0 Å². The van der Waals surface area contributed by atoms with Gasteiger partial charge in [-0.25, -0.2) is 9.37 Å². The van der Waals surface area contributed by atoms with Gasteiger partial charge in [0.2, 0.25) is 0 Å². The summed E-state index contributed by atoms with van der Waals surface area (Å²) in [5.74, 6) is -0.868. The van der Waals surface area contributed by atoms with Crippen LogP contribution in [0.2, 0.25) is 0 Å². The number of aryl methyl sites for hydroxylation is 2. The van der Waals surface area contributed by atoms with Crippen LogP contribution in [0.5, 0.6) is 5.75 Å². The fourth-order valence-corrected chi connectivity index (χ4v) is 4.87. The summed E-state index contributed by atoms with van der Waals surface area (Å²) in [5.41, 5.74) is 1.29. The molecule has 1 atom stereocenters. The number of benzene rings is 1. The predicted molar refractivity (Wildman–Crippen MR) is 122 cm³/mol. The van der Waals surface area contributed by atoms with Crippen LogP contribution in [-0.4, -0.2) is 49.0 Å². The number of amides is 1. The van der Waals surface area contributed by atoms with Crippen molar-refractivity contribution in [2.75, 3.05) is 13.7 Å². The molecule has 0 spiro atoms.